The van der Waals surface area contributed by atoms with Crippen LogP contribution in [0.15, 0.2) is 24.3 Å². The Balaban J connectivity index is 1.83. The number of carbonyl (C=O) groups is 1. The summed E-state index contributed by atoms with van der Waals surface area (Å²) in [5.74, 6) is 0.125. The Bertz CT molecular complexity index is 721. The van der Waals surface area contributed by atoms with Crippen molar-refractivity contribution < 1.29 is 13.2 Å². The molecule has 0 aliphatic carbocycles. The second-order valence-electron chi connectivity index (χ2n) is 6.67. The van der Waals surface area contributed by atoms with Crippen molar-refractivity contribution in [2.45, 2.75) is 18.9 Å². The Morgan fingerprint density at radius 2 is 1.79 bits per heavy atom. The molecule has 24 heavy (non-hydrogen) atoms. The second-order valence-corrected chi connectivity index (χ2v) is 9.25. The zero-order valence-corrected chi connectivity index (χ0v) is 15.4. The van der Waals surface area contributed by atoms with Crippen molar-refractivity contribution in [3.8, 4) is 0 Å². The minimum atomic E-state index is -3.46. The van der Waals surface area contributed by atoms with Crippen LogP contribution in [0.25, 0.3) is 0 Å². The first-order chi connectivity index (χ1) is 11.3. The summed E-state index contributed by atoms with van der Waals surface area (Å²) in [7, 11) is -0.376. The molecule has 1 amide bonds. The van der Waals surface area contributed by atoms with Gasteiger partial charge in [0.25, 0.3) is 16.1 Å². The Morgan fingerprint density at radius 3 is 2.42 bits per heavy atom. The van der Waals surface area contributed by atoms with E-state index in [-0.39, 0.29) is 17.9 Å². The Hall–Kier alpha value is -1.15. The third-order valence-electron chi connectivity index (χ3n) is 4.82. The van der Waals surface area contributed by atoms with E-state index in [1.165, 1.54) is 8.61 Å². The van der Waals surface area contributed by atoms with Crippen molar-refractivity contribution in [2.75, 3.05) is 33.7 Å². The van der Waals surface area contributed by atoms with Gasteiger partial charge in [-0.3, -0.25) is 4.79 Å². The summed E-state index contributed by atoms with van der Waals surface area (Å²) in [5, 5.41) is 0.590. The van der Waals surface area contributed by atoms with Crippen LogP contribution in [0.5, 0.6) is 0 Å². The van der Waals surface area contributed by atoms with Crippen LogP contribution in [0.1, 0.15) is 23.2 Å². The quantitative estimate of drug-likeness (QED) is 0.812. The number of hydrogen-bond acceptors (Lipinski definition) is 3. The molecule has 0 saturated carbocycles. The molecular formula is C16H22ClN3O3S. The zero-order valence-electron chi connectivity index (χ0n) is 13.9. The van der Waals surface area contributed by atoms with E-state index in [0.717, 1.165) is 12.8 Å². The minimum Gasteiger partial charge on any atom is -0.334 e. The highest BCUT2D eigenvalue weighted by Crippen LogP contribution is 2.31. The van der Waals surface area contributed by atoms with Gasteiger partial charge in [0, 0.05) is 50.4 Å². The van der Waals surface area contributed by atoms with Crippen molar-refractivity contribution >= 4 is 27.7 Å². The molecule has 6 nitrogen and oxygen atoms in total. The highest BCUT2D eigenvalue weighted by molar-refractivity contribution is 7.86. The summed E-state index contributed by atoms with van der Waals surface area (Å²) >= 11 is 5.89. The molecule has 3 heterocycles. The number of halogens is 1. The smallest absolute Gasteiger partial charge is 0.281 e. The van der Waals surface area contributed by atoms with Gasteiger partial charge in [0.2, 0.25) is 0 Å². The van der Waals surface area contributed by atoms with Crippen molar-refractivity contribution in [1.82, 2.24) is 13.5 Å². The Kier molecular flexibility index (Phi) is 4.88. The van der Waals surface area contributed by atoms with Crippen LogP contribution in [-0.4, -0.2) is 67.6 Å². The van der Waals surface area contributed by atoms with Crippen LogP contribution in [0.4, 0.5) is 0 Å². The molecule has 2 bridgehead atoms. The average Bonchev–Trinajstić information content (AvgIpc) is 2.87. The average molecular weight is 372 g/mol. The third-order valence-corrected chi connectivity index (χ3v) is 6.95. The largest absolute Gasteiger partial charge is 0.334 e. The van der Waals surface area contributed by atoms with E-state index in [1.54, 1.807) is 38.4 Å². The third kappa shape index (κ3) is 3.31. The fourth-order valence-corrected chi connectivity index (χ4v) is 4.81. The Labute approximate surface area is 148 Å². The van der Waals surface area contributed by atoms with Gasteiger partial charge < -0.3 is 4.90 Å². The van der Waals surface area contributed by atoms with Crippen LogP contribution in [-0.2, 0) is 10.2 Å². The topological polar surface area (TPSA) is 60.9 Å². The van der Waals surface area contributed by atoms with Crippen LogP contribution >= 0.6 is 11.6 Å². The minimum absolute atomic E-state index is 0.0505. The molecule has 3 saturated heterocycles. The maximum absolute atomic E-state index is 12.8. The van der Waals surface area contributed by atoms with Crippen LogP contribution < -0.4 is 0 Å². The monoisotopic (exact) mass is 371 g/mol. The zero-order chi connectivity index (χ0) is 17.5. The summed E-state index contributed by atoms with van der Waals surface area (Å²) in [4.78, 5) is 14.7. The number of benzene rings is 1. The first kappa shape index (κ1) is 17.7. The predicted octanol–water partition coefficient (Wildman–Crippen LogP) is 1.68. The number of piperidine rings is 1. The Morgan fingerprint density at radius 1 is 1.12 bits per heavy atom. The fraction of sp³-hybridized carbons (Fsp3) is 0.562. The molecule has 3 aliphatic rings. The van der Waals surface area contributed by atoms with Crippen LogP contribution in [0, 0.1) is 5.92 Å². The highest BCUT2D eigenvalue weighted by Gasteiger charge is 2.41. The van der Waals surface area contributed by atoms with Crippen molar-refractivity contribution in [3.63, 3.8) is 0 Å². The van der Waals surface area contributed by atoms with E-state index in [0.29, 0.717) is 30.2 Å². The molecule has 0 unspecified atom stereocenters. The molecule has 4 rings (SSSR count). The lowest BCUT2D eigenvalue weighted by Gasteiger charge is -2.36. The number of fused-ring (bicyclic) bond motifs is 4. The lowest BCUT2D eigenvalue weighted by molar-refractivity contribution is 0.0588. The standard InChI is InChI=1S/C16H22ClN3O3S/c1-18(2)24(22,23)19-9-12-3-8-15(11-19)20(10-12)16(21)13-4-6-14(17)7-5-13/h4-7,12,15H,3,8-11H2,1-2H3/t12-,15+/m1/s1. The van der Waals surface area contributed by atoms with E-state index < -0.39 is 10.2 Å². The van der Waals surface area contributed by atoms with Gasteiger partial charge >= 0.3 is 0 Å². The van der Waals surface area contributed by atoms with Crippen molar-refractivity contribution in [2.24, 2.45) is 5.92 Å². The van der Waals surface area contributed by atoms with Crippen LogP contribution in [0.2, 0.25) is 5.02 Å². The van der Waals surface area contributed by atoms with E-state index in [1.807, 2.05) is 4.90 Å². The number of nitrogens with zero attached hydrogens (tertiary/aromatic N) is 3. The van der Waals surface area contributed by atoms with Gasteiger partial charge in [0.15, 0.2) is 0 Å². The van der Waals surface area contributed by atoms with Gasteiger partial charge in [-0.25, -0.2) is 0 Å². The SMILES string of the molecule is CN(C)S(=O)(=O)N1C[C@H]2CC[C@@H](C1)N(C(=O)c1ccc(Cl)cc1)C2. The molecule has 0 N–H and O–H groups in total. The number of hydrogen-bond donors (Lipinski definition) is 0. The van der Waals surface area contributed by atoms with Crippen LogP contribution in [0.3, 0.4) is 0 Å². The maximum atomic E-state index is 12.8. The van der Waals surface area contributed by atoms with Crippen molar-refractivity contribution in [3.05, 3.63) is 34.9 Å². The summed E-state index contributed by atoms with van der Waals surface area (Å²) in [5.41, 5.74) is 0.592. The normalized spacial score (nSPS) is 25.1. The van der Waals surface area contributed by atoms with E-state index in [2.05, 4.69) is 0 Å². The molecule has 3 aliphatic heterocycles. The van der Waals surface area contributed by atoms with E-state index in [4.69, 9.17) is 11.6 Å². The van der Waals surface area contributed by atoms with Gasteiger partial charge in [-0.1, -0.05) is 11.6 Å². The van der Waals surface area contributed by atoms with Gasteiger partial charge in [-0.2, -0.15) is 17.0 Å². The molecule has 0 spiro atoms. The second kappa shape index (κ2) is 6.63. The lowest BCUT2D eigenvalue weighted by Crippen LogP contribution is -2.48. The number of carbonyl (C=O) groups excluding carboxylic acids is 1. The molecule has 0 aromatic heterocycles. The summed E-state index contributed by atoms with van der Waals surface area (Å²) in [6.07, 6.45) is 1.79. The van der Waals surface area contributed by atoms with Gasteiger partial charge in [0.1, 0.15) is 0 Å². The van der Waals surface area contributed by atoms with E-state index in [9.17, 15) is 13.2 Å². The summed E-state index contributed by atoms with van der Waals surface area (Å²) in [6, 6.07) is 6.76. The first-order valence-corrected chi connectivity index (χ1v) is 9.80. The fourth-order valence-electron chi connectivity index (χ4n) is 3.47. The lowest BCUT2D eigenvalue weighted by atomic mass is 9.94. The molecule has 132 valence electrons. The summed E-state index contributed by atoms with van der Waals surface area (Å²) in [6.45, 7) is 1.43. The number of amides is 1. The molecule has 3 fully saturated rings. The molecule has 0 radical (unpaired) electrons. The predicted molar refractivity (Wildman–Crippen MR) is 93.2 cm³/mol. The maximum Gasteiger partial charge on any atom is 0.281 e. The molecular weight excluding hydrogens is 350 g/mol. The molecule has 8 heteroatoms. The van der Waals surface area contributed by atoms with Gasteiger partial charge in [-0.15, -0.1) is 0 Å². The number of rotatable bonds is 3. The van der Waals surface area contributed by atoms with E-state index >= 15 is 0 Å². The molecule has 1 aromatic rings. The summed E-state index contributed by atoms with van der Waals surface area (Å²) < 4.78 is 27.7. The highest BCUT2D eigenvalue weighted by atomic mass is 35.5. The molecule has 1 aromatic carbocycles. The first-order valence-electron chi connectivity index (χ1n) is 8.03. The van der Waals surface area contributed by atoms with Gasteiger partial charge in [0.05, 0.1) is 0 Å². The van der Waals surface area contributed by atoms with Crippen molar-refractivity contribution in [1.29, 1.82) is 0 Å². The van der Waals surface area contributed by atoms with Gasteiger partial charge in [-0.05, 0) is 43.0 Å². The molecule has 2 atom stereocenters.